The van der Waals surface area contributed by atoms with Crippen LogP contribution in [0.1, 0.15) is 42.6 Å². The van der Waals surface area contributed by atoms with Crippen molar-refractivity contribution in [3.05, 3.63) is 145 Å². The van der Waals surface area contributed by atoms with Gasteiger partial charge >= 0.3 is 6.09 Å². The molecule has 0 spiro atoms. The standard InChI is InChI=1S/C31H29N3O5.C23H23N3O3/c1-20-14-22-15-23(8-9-25(22)33-20)39-27-10-13-32-26-17-29(28(36-2)16-24(26)27)38-19-31(11-12-31)34-30(35)37-18-21-6-4-3-5-7-21;1-14-9-15-10-16(3-4-18(15)26-14)29-20-5-8-25-19-12-22(21(27-2)11-17(19)20)28-13-23(24)6-7-23/h3-10,13-17,33H,11-12,18-19H2,1-2H3,(H,34,35);3-5,8-12,26H,6-7,13,24H2,1-2H3. The van der Waals surface area contributed by atoms with E-state index in [1.807, 2.05) is 117 Å². The Morgan fingerprint density at radius 2 is 1.15 bits per heavy atom. The molecule has 0 unspecified atom stereocenters. The lowest BCUT2D eigenvalue weighted by atomic mass is 10.1. The highest BCUT2D eigenvalue weighted by atomic mass is 16.6. The molecule has 2 fully saturated rings. The second-order valence-corrected chi connectivity index (χ2v) is 17.7. The van der Waals surface area contributed by atoms with Gasteiger partial charge in [0.25, 0.3) is 0 Å². The van der Waals surface area contributed by atoms with Crippen molar-refractivity contribution in [2.24, 2.45) is 5.73 Å². The Labute approximate surface area is 392 Å². The first-order valence-corrected chi connectivity index (χ1v) is 22.5. The van der Waals surface area contributed by atoms with E-state index in [1.165, 1.54) is 0 Å². The lowest BCUT2D eigenvalue weighted by Crippen LogP contribution is -2.41. The number of hydrogen-bond acceptors (Lipinski definition) is 11. The van der Waals surface area contributed by atoms with Crippen molar-refractivity contribution in [2.75, 3.05) is 27.4 Å². The van der Waals surface area contributed by atoms with Gasteiger partial charge in [-0.2, -0.15) is 0 Å². The van der Waals surface area contributed by atoms with E-state index in [2.05, 4.69) is 37.4 Å². The summed E-state index contributed by atoms with van der Waals surface area (Å²) in [6, 6.07) is 36.9. The first-order chi connectivity index (χ1) is 33.0. The van der Waals surface area contributed by atoms with Crippen LogP contribution in [0.25, 0.3) is 43.6 Å². The van der Waals surface area contributed by atoms with E-state index in [0.29, 0.717) is 53.2 Å². The number of pyridine rings is 2. The number of rotatable bonds is 15. The van der Waals surface area contributed by atoms with E-state index in [-0.39, 0.29) is 12.1 Å². The molecule has 0 aliphatic heterocycles. The zero-order valence-corrected chi connectivity index (χ0v) is 38.3. The third-order valence-corrected chi connectivity index (χ3v) is 12.2. The highest BCUT2D eigenvalue weighted by Gasteiger charge is 2.46. The van der Waals surface area contributed by atoms with Gasteiger partial charge in [0.2, 0.25) is 0 Å². The van der Waals surface area contributed by atoms with Gasteiger partial charge in [0.15, 0.2) is 23.0 Å². The van der Waals surface area contributed by atoms with Gasteiger partial charge in [0.05, 0.1) is 36.3 Å². The molecule has 346 valence electrons. The van der Waals surface area contributed by atoms with E-state index in [4.69, 9.17) is 38.9 Å². The molecule has 0 atom stereocenters. The minimum absolute atomic E-state index is 0.201. The number of methoxy groups -OCH3 is 2. The summed E-state index contributed by atoms with van der Waals surface area (Å²) in [5.74, 6) is 5.25. The maximum Gasteiger partial charge on any atom is 0.408 e. The van der Waals surface area contributed by atoms with Crippen LogP contribution in [0.5, 0.6) is 46.0 Å². The lowest BCUT2D eigenvalue weighted by molar-refractivity contribution is 0.128. The van der Waals surface area contributed by atoms with E-state index in [9.17, 15) is 4.79 Å². The summed E-state index contributed by atoms with van der Waals surface area (Å²) in [5, 5.41) is 6.83. The fourth-order valence-electron chi connectivity index (χ4n) is 8.05. The summed E-state index contributed by atoms with van der Waals surface area (Å²) in [6.07, 6.45) is 6.59. The van der Waals surface area contributed by atoms with Crippen LogP contribution in [-0.4, -0.2) is 64.5 Å². The van der Waals surface area contributed by atoms with Gasteiger partial charge in [0, 0.05) is 68.5 Å². The minimum atomic E-state index is -0.457. The van der Waals surface area contributed by atoms with Gasteiger partial charge in [-0.1, -0.05) is 30.3 Å². The largest absolute Gasteiger partial charge is 0.493 e. The first kappa shape index (κ1) is 43.9. The third kappa shape index (κ3) is 9.91. The first-order valence-electron chi connectivity index (χ1n) is 22.5. The quantitative estimate of drug-likeness (QED) is 0.0769. The Balaban J connectivity index is 0.000000165. The Kier molecular flexibility index (Phi) is 11.9. The number of nitrogens with one attached hydrogen (secondary N) is 3. The Morgan fingerprint density at radius 3 is 1.65 bits per heavy atom. The normalized spacial score (nSPS) is 14.2. The van der Waals surface area contributed by atoms with Crippen LogP contribution in [0.2, 0.25) is 0 Å². The maximum atomic E-state index is 12.4. The van der Waals surface area contributed by atoms with Crippen molar-refractivity contribution in [1.29, 1.82) is 0 Å². The molecule has 0 saturated heterocycles. The smallest absolute Gasteiger partial charge is 0.408 e. The molecule has 5 N–H and O–H groups in total. The maximum absolute atomic E-state index is 12.4. The average molecular weight is 913 g/mol. The molecule has 14 nitrogen and oxygen atoms in total. The number of aromatic amines is 2. The van der Waals surface area contributed by atoms with Crippen LogP contribution >= 0.6 is 0 Å². The fraction of sp³-hybridized carbons (Fsp3) is 0.241. The second kappa shape index (κ2) is 18.4. The predicted octanol–water partition coefficient (Wildman–Crippen LogP) is 11.4. The summed E-state index contributed by atoms with van der Waals surface area (Å²) in [4.78, 5) is 28.1. The van der Waals surface area contributed by atoms with Gasteiger partial charge in [-0.15, -0.1) is 0 Å². The van der Waals surface area contributed by atoms with E-state index >= 15 is 0 Å². The molecule has 14 heteroatoms. The minimum Gasteiger partial charge on any atom is -0.493 e. The predicted molar refractivity (Wildman–Crippen MR) is 262 cm³/mol. The van der Waals surface area contributed by atoms with Crippen molar-refractivity contribution >= 4 is 49.7 Å². The van der Waals surface area contributed by atoms with E-state index in [1.54, 1.807) is 26.6 Å². The SMILES string of the molecule is COc1cc2c(Oc3ccc4[nH]c(C)cc4c3)ccnc2cc1OCC1(N)CC1.COc1cc2c(Oc3ccc4[nH]c(C)cc4c3)ccnc2cc1OCC1(NC(=O)OCc2ccccc2)CC1. The van der Waals surface area contributed by atoms with Crippen molar-refractivity contribution in [2.45, 2.75) is 57.2 Å². The molecular weight excluding hydrogens is 861 g/mol. The summed E-state index contributed by atoms with van der Waals surface area (Å²) in [6.45, 7) is 5.06. The van der Waals surface area contributed by atoms with Crippen molar-refractivity contribution in [3.63, 3.8) is 0 Å². The highest BCUT2D eigenvalue weighted by molar-refractivity contribution is 5.90. The summed E-state index contributed by atoms with van der Waals surface area (Å²) < 4.78 is 41.1. The van der Waals surface area contributed by atoms with Crippen molar-refractivity contribution in [3.8, 4) is 46.0 Å². The van der Waals surface area contributed by atoms with Gasteiger partial charge in [0.1, 0.15) is 42.8 Å². The number of fused-ring (bicyclic) bond motifs is 4. The number of carbonyl (C=O) groups excluding carboxylic acids is 1. The molecule has 2 aliphatic rings. The molecule has 5 aromatic carbocycles. The number of H-pyrrole nitrogens is 2. The monoisotopic (exact) mass is 912 g/mol. The molecule has 9 aromatic rings. The topological polar surface area (TPSA) is 177 Å². The molecule has 68 heavy (non-hydrogen) atoms. The Morgan fingerprint density at radius 1 is 0.618 bits per heavy atom. The molecule has 4 aromatic heterocycles. The molecule has 1 amide bonds. The number of hydrogen-bond donors (Lipinski definition) is 4. The van der Waals surface area contributed by atoms with Gasteiger partial charge < -0.3 is 54.2 Å². The fourth-order valence-corrected chi connectivity index (χ4v) is 8.05. The third-order valence-electron chi connectivity index (χ3n) is 12.2. The number of amides is 1. The summed E-state index contributed by atoms with van der Waals surface area (Å²) in [7, 11) is 3.22. The van der Waals surface area contributed by atoms with Crippen LogP contribution in [0.15, 0.2) is 128 Å². The molecule has 0 radical (unpaired) electrons. The molecule has 2 saturated carbocycles. The van der Waals surface area contributed by atoms with E-state index < -0.39 is 11.6 Å². The van der Waals surface area contributed by atoms with Gasteiger partial charge in [-0.25, -0.2) is 4.79 Å². The number of aryl methyl sites for hydroxylation is 2. The Bertz CT molecular complexity index is 3290. The zero-order chi connectivity index (χ0) is 46.8. The number of benzene rings is 5. The van der Waals surface area contributed by atoms with Crippen LogP contribution in [-0.2, 0) is 11.3 Å². The molecular formula is C54H52N6O8. The van der Waals surface area contributed by atoms with E-state index in [0.717, 1.165) is 92.2 Å². The van der Waals surface area contributed by atoms with Gasteiger partial charge in [-0.3, -0.25) is 9.97 Å². The molecule has 11 rings (SSSR count). The summed E-state index contributed by atoms with van der Waals surface area (Å²) >= 11 is 0. The number of nitrogens with two attached hydrogens (primary N) is 1. The summed E-state index contributed by atoms with van der Waals surface area (Å²) in [5.41, 5.74) is 12.3. The lowest BCUT2D eigenvalue weighted by Gasteiger charge is -2.19. The molecule has 0 bridgehead atoms. The Hall–Kier alpha value is -7.97. The number of nitrogens with zero attached hydrogens (tertiary/aromatic N) is 2. The van der Waals surface area contributed by atoms with Crippen molar-refractivity contribution in [1.82, 2.24) is 25.3 Å². The molecule has 2 aliphatic carbocycles. The van der Waals surface area contributed by atoms with Crippen LogP contribution in [0.3, 0.4) is 0 Å². The van der Waals surface area contributed by atoms with Crippen LogP contribution in [0, 0.1) is 13.8 Å². The van der Waals surface area contributed by atoms with Crippen LogP contribution < -0.4 is 39.5 Å². The average Bonchev–Trinajstić information content (AvgIpc) is 4.21. The number of alkyl carbamates (subject to hydrolysis) is 1. The van der Waals surface area contributed by atoms with Gasteiger partial charge in [-0.05, 0) is 118 Å². The van der Waals surface area contributed by atoms with Crippen molar-refractivity contribution < 1.29 is 38.0 Å². The number of ether oxygens (including phenoxy) is 7. The highest BCUT2D eigenvalue weighted by Crippen LogP contribution is 2.42. The molecule has 4 heterocycles. The van der Waals surface area contributed by atoms with Crippen LogP contribution in [0.4, 0.5) is 4.79 Å². The number of carbonyl (C=O) groups is 1. The second-order valence-electron chi connectivity index (χ2n) is 17.7. The number of aromatic nitrogens is 4. The zero-order valence-electron chi connectivity index (χ0n) is 38.3.